The van der Waals surface area contributed by atoms with Gasteiger partial charge in [-0.1, -0.05) is 12.8 Å². The predicted octanol–water partition coefficient (Wildman–Crippen LogP) is 0.677. The van der Waals surface area contributed by atoms with Gasteiger partial charge in [0.1, 0.15) is 0 Å². The highest BCUT2D eigenvalue weighted by atomic mass is 16.2. The zero-order valence-electron chi connectivity index (χ0n) is 7.43. The van der Waals surface area contributed by atoms with Gasteiger partial charge in [0.25, 0.3) is 0 Å². The monoisotopic (exact) mass is 169 g/mol. The molecule has 0 bridgehead atoms. The molecule has 1 unspecified atom stereocenters. The summed E-state index contributed by atoms with van der Waals surface area (Å²) in [7, 11) is 0. The van der Waals surface area contributed by atoms with Gasteiger partial charge in [0.15, 0.2) is 5.78 Å². The molecule has 1 saturated heterocycles. The fraction of sp³-hybridized carbons (Fsp3) is 0.778. The molecule has 12 heavy (non-hydrogen) atoms. The van der Waals surface area contributed by atoms with Crippen molar-refractivity contribution in [2.45, 2.75) is 38.6 Å². The lowest BCUT2D eigenvalue weighted by atomic mass is 10.0. The molecule has 3 nitrogen and oxygen atoms in total. The Hall–Kier alpha value is -0.700. The molecule has 0 aromatic heterocycles. The number of ketones is 2. The van der Waals surface area contributed by atoms with Crippen LogP contribution in [0.4, 0.5) is 0 Å². The lowest BCUT2D eigenvalue weighted by molar-refractivity contribution is -0.136. The molecule has 0 amide bonds. The molecule has 1 rings (SSSR count). The Morgan fingerprint density at radius 1 is 1.25 bits per heavy atom. The summed E-state index contributed by atoms with van der Waals surface area (Å²) in [6, 6.07) is -0.204. The fourth-order valence-corrected chi connectivity index (χ4v) is 1.50. The summed E-state index contributed by atoms with van der Waals surface area (Å²) < 4.78 is 0. The number of nitrogens with one attached hydrogen (secondary N) is 1. The predicted molar refractivity (Wildman–Crippen MR) is 45.9 cm³/mol. The van der Waals surface area contributed by atoms with Crippen LogP contribution in [-0.4, -0.2) is 24.2 Å². The van der Waals surface area contributed by atoms with E-state index >= 15 is 0 Å². The molecule has 0 radical (unpaired) electrons. The molecular weight excluding hydrogens is 154 g/mol. The van der Waals surface area contributed by atoms with E-state index in [1.807, 2.05) is 0 Å². The van der Waals surface area contributed by atoms with Crippen LogP contribution in [0.3, 0.4) is 0 Å². The largest absolute Gasteiger partial charge is 0.307 e. The highest BCUT2D eigenvalue weighted by molar-refractivity contribution is 6.38. The van der Waals surface area contributed by atoms with Crippen molar-refractivity contribution in [3.63, 3.8) is 0 Å². The van der Waals surface area contributed by atoms with Gasteiger partial charge in [0.2, 0.25) is 5.78 Å². The second kappa shape index (κ2) is 4.36. The minimum atomic E-state index is -0.325. The molecule has 0 aromatic carbocycles. The van der Waals surface area contributed by atoms with Crippen molar-refractivity contribution in [3.8, 4) is 0 Å². The molecule has 1 N–H and O–H groups in total. The number of rotatable bonds is 2. The quantitative estimate of drug-likeness (QED) is 0.618. The van der Waals surface area contributed by atoms with Crippen molar-refractivity contribution >= 4 is 11.6 Å². The first-order valence-electron chi connectivity index (χ1n) is 4.50. The van der Waals surface area contributed by atoms with Crippen LogP contribution in [0.2, 0.25) is 0 Å². The molecule has 0 aromatic rings. The van der Waals surface area contributed by atoms with E-state index in [1.54, 1.807) is 0 Å². The summed E-state index contributed by atoms with van der Waals surface area (Å²) in [5, 5.41) is 3.09. The molecule has 1 aliphatic rings. The molecular formula is C9H15NO2. The Morgan fingerprint density at radius 2 is 2.00 bits per heavy atom. The summed E-state index contributed by atoms with van der Waals surface area (Å²) in [6.07, 6.45) is 4.14. The average Bonchev–Trinajstić information content (AvgIpc) is 2.30. The molecule has 0 aliphatic carbocycles. The SMILES string of the molecule is CC(=O)C(=O)C1CCCCCN1. The normalized spacial score (nSPS) is 24.6. The van der Waals surface area contributed by atoms with Gasteiger partial charge in [0, 0.05) is 6.92 Å². The van der Waals surface area contributed by atoms with Crippen molar-refractivity contribution in [1.82, 2.24) is 5.32 Å². The first kappa shape index (κ1) is 9.39. The summed E-state index contributed by atoms with van der Waals surface area (Å²) in [6.45, 7) is 2.21. The third kappa shape index (κ3) is 2.41. The maximum atomic E-state index is 11.2. The Bertz CT molecular complexity index is 181. The van der Waals surface area contributed by atoms with Gasteiger partial charge in [-0.15, -0.1) is 0 Å². The second-order valence-electron chi connectivity index (χ2n) is 3.28. The van der Waals surface area contributed by atoms with Crippen LogP contribution in [0, 0.1) is 0 Å². The zero-order valence-corrected chi connectivity index (χ0v) is 7.43. The van der Waals surface area contributed by atoms with E-state index in [9.17, 15) is 9.59 Å². The highest BCUT2D eigenvalue weighted by Crippen LogP contribution is 2.09. The van der Waals surface area contributed by atoms with Crippen molar-refractivity contribution in [2.75, 3.05) is 6.54 Å². The van der Waals surface area contributed by atoms with Gasteiger partial charge in [-0.05, 0) is 19.4 Å². The van der Waals surface area contributed by atoms with Gasteiger partial charge < -0.3 is 5.32 Å². The Labute approximate surface area is 72.5 Å². The lowest BCUT2D eigenvalue weighted by Gasteiger charge is -2.11. The van der Waals surface area contributed by atoms with Crippen LogP contribution in [0.1, 0.15) is 32.6 Å². The van der Waals surface area contributed by atoms with Gasteiger partial charge in [0.05, 0.1) is 6.04 Å². The van der Waals surface area contributed by atoms with E-state index in [0.717, 1.165) is 32.2 Å². The molecule has 1 heterocycles. The standard InChI is InChI=1S/C9H15NO2/c1-7(11)9(12)8-5-3-2-4-6-10-8/h8,10H,2-6H2,1H3. The van der Waals surface area contributed by atoms with Crippen LogP contribution in [0.25, 0.3) is 0 Å². The van der Waals surface area contributed by atoms with E-state index in [2.05, 4.69) is 5.32 Å². The topological polar surface area (TPSA) is 46.2 Å². The van der Waals surface area contributed by atoms with E-state index in [4.69, 9.17) is 0 Å². The Balaban J connectivity index is 2.48. The number of hydrogen-bond acceptors (Lipinski definition) is 3. The van der Waals surface area contributed by atoms with E-state index in [0.29, 0.717) is 0 Å². The van der Waals surface area contributed by atoms with Crippen molar-refractivity contribution in [3.05, 3.63) is 0 Å². The molecule has 68 valence electrons. The van der Waals surface area contributed by atoms with E-state index in [-0.39, 0.29) is 17.6 Å². The molecule has 0 spiro atoms. The minimum absolute atomic E-state index is 0.204. The van der Waals surface area contributed by atoms with Crippen molar-refractivity contribution < 1.29 is 9.59 Å². The lowest BCUT2D eigenvalue weighted by Crippen LogP contribution is -2.39. The van der Waals surface area contributed by atoms with Gasteiger partial charge >= 0.3 is 0 Å². The van der Waals surface area contributed by atoms with Crippen LogP contribution in [-0.2, 0) is 9.59 Å². The van der Waals surface area contributed by atoms with E-state index in [1.165, 1.54) is 6.92 Å². The highest BCUT2D eigenvalue weighted by Gasteiger charge is 2.22. The maximum absolute atomic E-state index is 11.2. The molecule has 3 heteroatoms. The molecule has 1 atom stereocenters. The van der Waals surface area contributed by atoms with Crippen molar-refractivity contribution in [2.24, 2.45) is 0 Å². The number of carbonyl (C=O) groups excluding carboxylic acids is 2. The summed E-state index contributed by atoms with van der Waals surface area (Å²) in [4.78, 5) is 22.0. The summed E-state index contributed by atoms with van der Waals surface area (Å²) in [5.74, 6) is -0.577. The number of carbonyl (C=O) groups is 2. The van der Waals surface area contributed by atoms with Crippen LogP contribution >= 0.6 is 0 Å². The minimum Gasteiger partial charge on any atom is -0.307 e. The molecule has 0 saturated carbocycles. The van der Waals surface area contributed by atoms with Crippen LogP contribution < -0.4 is 5.32 Å². The van der Waals surface area contributed by atoms with Crippen molar-refractivity contribution in [1.29, 1.82) is 0 Å². The van der Waals surface area contributed by atoms with Crippen LogP contribution in [0.15, 0.2) is 0 Å². The number of hydrogen-bond donors (Lipinski definition) is 1. The fourth-order valence-electron chi connectivity index (χ4n) is 1.50. The first-order valence-corrected chi connectivity index (χ1v) is 4.50. The van der Waals surface area contributed by atoms with Gasteiger partial charge in [-0.25, -0.2) is 0 Å². The molecule has 1 aliphatic heterocycles. The van der Waals surface area contributed by atoms with E-state index < -0.39 is 0 Å². The molecule has 1 fully saturated rings. The van der Waals surface area contributed by atoms with Gasteiger partial charge in [-0.2, -0.15) is 0 Å². The average molecular weight is 169 g/mol. The summed E-state index contributed by atoms with van der Waals surface area (Å²) >= 11 is 0. The second-order valence-corrected chi connectivity index (χ2v) is 3.28. The number of Topliss-reactive ketones (excluding diaryl/α,β-unsaturated/α-hetero) is 2. The maximum Gasteiger partial charge on any atom is 0.214 e. The smallest absolute Gasteiger partial charge is 0.214 e. The summed E-state index contributed by atoms with van der Waals surface area (Å²) in [5.41, 5.74) is 0. The zero-order chi connectivity index (χ0) is 8.97. The first-order chi connectivity index (χ1) is 5.72. The Morgan fingerprint density at radius 3 is 2.67 bits per heavy atom. The third-order valence-corrected chi connectivity index (χ3v) is 2.22. The third-order valence-electron chi connectivity index (χ3n) is 2.22. The van der Waals surface area contributed by atoms with Crippen LogP contribution in [0.5, 0.6) is 0 Å². The van der Waals surface area contributed by atoms with Gasteiger partial charge in [-0.3, -0.25) is 9.59 Å². The Kier molecular flexibility index (Phi) is 3.41.